The molecule has 1 N–H and O–H groups in total. The second-order valence-electron chi connectivity index (χ2n) is 4.51. The molecular weight excluding hydrogens is 250 g/mol. The molecule has 0 amide bonds. The van der Waals surface area contributed by atoms with Gasteiger partial charge in [0.15, 0.2) is 0 Å². The summed E-state index contributed by atoms with van der Waals surface area (Å²) in [6.07, 6.45) is 2.54. The third-order valence-electron chi connectivity index (χ3n) is 3.04. The van der Waals surface area contributed by atoms with Crippen LogP contribution in [0, 0.1) is 0 Å². The Labute approximate surface area is 117 Å². The summed E-state index contributed by atoms with van der Waals surface area (Å²) in [6.45, 7) is 0.790. The molecule has 0 saturated heterocycles. The first-order valence-electron chi connectivity index (χ1n) is 6.52. The summed E-state index contributed by atoms with van der Waals surface area (Å²) in [7, 11) is 0. The Morgan fingerprint density at radius 1 is 0.900 bits per heavy atom. The molecule has 1 heterocycles. The van der Waals surface area contributed by atoms with Gasteiger partial charge in [0.1, 0.15) is 6.33 Å². The van der Waals surface area contributed by atoms with Crippen LogP contribution in [0.15, 0.2) is 60.9 Å². The van der Waals surface area contributed by atoms with Gasteiger partial charge in [-0.3, -0.25) is 0 Å². The number of aryl methyl sites for hydroxylation is 2. The molecule has 0 bridgehead atoms. The molecular formula is C15H15N5. The molecule has 0 saturated carbocycles. The van der Waals surface area contributed by atoms with Crippen molar-refractivity contribution in [1.82, 2.24) is 20.2 Å². The van der Waals surface area contributed by atoms with E-state index in [1.165, 1.54) is 5.56 Å². The molecule has 0 aliphatic heterocycles. The molecule has 20 heavy (non-hydrogen) atoms. The number of nitrogens with zero attached hydrogens (tertiary/aromatic N) is 4. The Hall–Kier alpha value is -2.69. The maximum atomic E-state index is 3.85. The SMILES string of the molecule is c1ccc(Nc2ccc(CCn3cnnn3)cc2)cc1. The summed E-state index contributed by atoms with van der Waals surface area (Å²) in [5.74, 6) is 0. The average Bonchev–Trinajstić information content (AvgIpc) is 3.01. The molecule has 1 aromatic heterocycles. The van der Waals surface area contributed by atoms with Crippen LogP contribution in [0.25, 0.3) is 0 Å². The van der Waals surface area contributed by atoms with Crippen molar-refractivity contribution in [2.24, 2.45) is 0 Å². The molecule has 0 atom stereocenters. The largest absolute Gasteiger partial charge is 0.356 e. The Bertz CT molecular complexity index is 632. The fourth-order valence-corrected chi connectivity index (χ4v) is 1.97. The smallest absolute Gasteiger partial charge is 0.138 e. The minimum Gasteiger partial charge on any atom is -0.356 e. The van der Waals surface area contributed by atoms with Gasteiger partial charge in [-0.15, -0.1) is 5.10 Å². The Morgan fingerprint density at radius 2 is 1.65 bits per heavy atom. The lowest BCUT2D eigenvalue weighted by Gasteiger charge is -2.07. The van der Waals surface area contributed by atoms with Crippen LogP contribution in [0.1, 0.15) is 5.56 Å². The van der Waals surface area contributed by atoms with Crippen LogP contribution in [0.5, 0.6) is 0 Å². The molecule has 0 radical (unpaired) electrons. The van der Waals surface area contributed by atoms with E-state index in [1.807, 2.05) is 30.3 Å². The van der Waals surface area contributed by atoms with Crippen LogP contribution < -0.4 is 5.32 Å². The molecule has 2 aromatic carbocycles. The predicted molar refractivity (Wildman–Crippen MR) is 77.7 cm³/mol. The highest BCUT2D eigenvalue weighted by atomic mass is 15.5. The lowest BCUT2D eigenvalue weighted by molar-refractivity contribution is 0.589. The summed E-state index contributed by atoms with van der Waals surface area (Å²) < 4.78 is 1.73. The van der Waals surface area contributed by atoms with Gasteiger partial charge in [-0.1, -0.05) is 30.3 Å². The molecule has 0 unspecified atom stereocenters. The topological polar surface area (TPSA) is 55.6 Å². The van der Waals surface area contributed by atoms with E-state index in [9.17, 15) is 0 Å². The third kappa shape index (κ3) is 3.20. The van der Waals surface area contributed by atoms with E-state index in [0.29, 0.717) is 0 Å². The van der Waals surface area contributed by atoms with Crippen molar-refractivity contribution in [3.8, 4) is 0 Å². The number of para-hydroxylation sites is 1. The Balaban J connectivity index is 1.60. The maximum Gasteiger partial charge on any atom is 0.138 e. The van der Waals surface area contributed by atoms with Gasteiger partial charge in [0.2, 0.25) is 0 Å². The van der Waals surface area contributed by atoms with E-state index in [1.54, 1.807) is 11.0 Å². The van der Waals surface area contributed by atoms with Crippen LogP contribution in [0.2, 0.25) is 0 Å². The number of nitrogens with one attached hydrogen (secondary N) is 1. The minimum absolute atomic E-state index is 0.790. The molecule has 0 aliphatic carbocycles. The molecule has 5 nitrogen and oxygen atoms in total. The number of anilines is 2. The molecule has 3 rings (SSSR count). The number of tetrazole rings is 1. The zero-order valence-electron chi connectivity index (χ0n) is 11.0. The highest BCUT2D eigenvalue weighted by molar-refractivity contribution is 5.59. The van der Waals surface area contributed by atoms with E-state index < -0.39 is 0 Å². The monoisotopic (exact) mass is 265 g/mol. The van der Waals surface area contributed by atoms with Crippen molar-refractivity contribution in [2.75, 3.05) is 5.32 Å². The molecule has 100 valence electrons. The first-order valence-corrected chi connectivity index (χ1v) is 6.52. The van der Waals surface area contributed by atoms with Crippen LogP contribution in [0.4, 0.5) is 11.4 Å². The van der Waals surface area contributed by atoms with E-state index in [4.69, 9.17) is 0 Å². The van der Waals surface area contributed by atoms with Gasteiger partial charge in [0.25, 0.3) is 0 Å². The van der Waals surface area contributed by atoms with E-state index in [-0.39, 0.29) is 0 Å². The lowest BCUT2D eigenvalue weighted by Crippen LogP contribution is -2.02. The standard InChI is InChI=1S/C15H15N5/c1-2-4-14(5-3-1)17-15-8-6-13(7-9-15)10-11-20-12-16-18-19-20/h1-9,12,17H,10-11H2. The summed E-state index contributed by atoms with van der Waals surface area (Å²) in [4.78, 5) is 0. The van der Waals surface area contributed by atoms with Crippen molar-refractivity contribution in [2.45, 2.75) is 13.0 Å². The van der Waals surface area contributed by atoms with Gasteiger partial charge in [-0.05, 0) is 46.7 Å². The molecule has 0 aliphatic rings. The van der Waals surface area contributed by atoms with E-state index in [2.05, 4.69) is 45.1 Å². The van der Waals surface area contributed by atoms with Gasteiger partial charge in [0.05, 0.1) is 0 Å². The van der Waals surface area contributed by atoms with E-state index in [0.717, 1.165) is 24.3 Å². The summed E-state index contributed by atoms with van der Waals surface area (Å²) in [6, 6.07) is 18.5. The number of aromatic nitrogens is 4. The number of rotatable bonds is 5. The fourth-order valence-electron chi connectivity index (χ4n) is 1.97. The van der Waals surface area contributed by atoms with Crippen molar-refractivity contribution in [1.29, 1.82) is 0 Å². The second-order valence-corrected chi connectivity index (χ2v) is 4.51. The first kappa shape index (κ1) is 12.3. The van der Waals surface area contributed by atoms with Crippen molar-refractivity contribution >= 4 is 11.4 Å². The maximum absolute atomic E-state index is 3.85. The second kappa shape index (κ2) is 5.97. The molecule has 5 heteroatoms. The van der Waals surface area contributed by atoms with Crippen LogP contribution in [-0.4, -0.2) is 20.2 Å². The zero-order chi connectivity index (χ0) is 13.6. The first-order chi connectivity index (χ1) is 9.90. The average molecular weight is 265 g/mol. The van der Waals surface area contributed by atoms with Gasteiger partial charge in [-0.25, -0.2) is 4.68 Å². The molecule has 0 spiro atoms. The Kier molecular flexibility index (Phi) is 3.68. The van der Waals surface area contributed by atoms with Crippen LogP contribution in [0.3, 0.4) is 0 Å². The molecule has 0 fully saturated rings. The lowest BCUT2D eigenvalue weighted by atomic mass is 10.1. The van der Waals surface area contributed by atoms with Gasteiger partial charge >= 0.3 is 0 Å². The van der Waals surface area contributed by atoms with Crippen molar-refractivity contribution < 1.29 is 0 Å². The van der Waals surface area contributed by atoms with Crippen LogP contribution >= 0.6 is 0 Å². The van der Waals surface area contributed by atoms with Crippen molar-refractivity contribution in [3.63, 3.8) is 0 Å². The van der Waals surface area contributed by atoms with Crippen molar-refractivity contribution in [3.05, 3.63) is 66.5 Å². The quantitative estimate of drug-likeness (QED) is 0.770. The van der Waals surface area contributed by atoms with Gasteiger partial charge in [-0.2, -0.15) is 0 Å². The third-order valence-corrected chi connectivity index (χ3v) is 3.04. The summed E-state index contributed by atoms with van der Waals surface area (Å²) in [5, 5.41) is 14.4. The number of hydrogen-bond acceptors (Lipinski definition) is 4. The minimum atomic E-state index is 0.790. The van der Waals surface area contributed by atoms with Gasteiger partial charge < -0.3 is 5.32 Å². The predicted octanol–water partition coefficient (Wildman–Crippen LogP) is 2.66. The van der Waals surface area contributed by atoms with E-state index >= 15 is 0 Å². The summed E-state index contributed by atoms with van der Waals surface area (Å²) >= 11 is 0. The normalized spacial score (nSPS) is 10.4. The van der Waals surface area contributed by atoms with Gasteiger partial charge in [0, 0.05) is 17.9 Å². The highest BCUT2D eigenvalue weighted by Gasteiger charge is 1.98. The summed E-state index contributed by atoms with van der Waals surface area (Å²) in [5.41, 5.74) is 3.44. The fraction of sp³-hybridized carbons (Fsp3) is 0.133. The van der Waals surface area contributed by atoms with Crippen LogP contribution in [-0.2, 0) is 13.0 Å². The number of hydrogen-bond donors (Lipinski definition) is 1. The number of benzene rings is 2. The zero-order valence-corrected chi connectivity index (χ0v) is 11.0. The molecule has 3 aromatic rings. The highest BCUT2D eigenvalue weighted by Crippen LogP contribution is 2.16. The Morgan fingerprint density at radius 3 is 2.35 bits per heavy atom.